The molecule has 1 heterocycles. The predicted octanol–water partition coefficient (Wildman–Crippen LogP) is 2.62. The van der Waals surface area contributed by atoms with Crippen molar-refractivity contribution in [3.8, 4) is 0 Å². The van der Waals surface area contributed by atoms with Crippen molar-refractivity contribution in [2.45, 2.75) is 32.4 Å². The maximum absolute atomic E-state index is 12.8. The van der Waals surface area contributed by atoms with Gasteiger partial charge in [0.25, 0.3) is 0 Å². The molecule has 1 aromatic rings. The Labute approximate surface area is 169 Å². The number of carbonyl (C=O) groups excluding carboxylic acids is 2. The first-order valence-electron chi connectivity index (χ1n) is 9.15. The number of piperidine rings is 1. The Morgan fingerprint density at radius 3 is 2.71 bits per heavy atom. The Morgan fingerprint density at radius 1 is 1.36 bits per heavy atom. The van der Waals surface area contributed by atoms with E-state index in [0.717, 1.165) is 18.6 Å². The molecule has 1 aromatic carbocycles. The number of hydrogen-bond acceptors (Lipinski definition) is 3. The van der Waals surface area contributed by atoms with Gasteiger partial charge in [-0.3, -0.25) is 9.59 Å². The molecule has 1 saturated heterocycles. The molecule has 0 saturated carbocycles. The third-order valence-electron chi connectivity index (χ3n) is 4.77. The van der Waals surface area contributed by atoms with Gasteiger partial charge in [0.1, 0.15) is 0 Å². The van der Waals surface area contributed by atoms with Crippen LogP contribution in [0.15, 0.2) is 24.3 Å². The quantitative estimate of drug-likeness (QED) is 0.741. The van der Waals surface area contributed by atoms with E-state index in [2.05, 4.69) is 5.32 Å². The van der Waals surface area contributed by atoms with Gasteiger partial charge in [0, 0.05) is 32.1 Å². The molecule has 0 aromatic heterocycles. The fraction of sp³-hybridized carbons (Fsp3) is 0.579. The van der Waals surface area contributed by atoms with E-state index in [1.807, 2.05) is 0 Å². The summed E-state index contributed by atoms with van der Waals surface area (Å²) in [6.07, 6.45) is -2.74. The Kier molecular flexibility index (Phi) is 9.23. The van der Waals surface area contributed by atoms with Crippen LogP contribution in [0.2, 0.25) is 0 Å². The lowest BCUT2D eigenvalue weighted by atomic mass is 9.94. The number of rotatable bonds is 6. The minimum absolute atomic E-state index is 0. The van der Waals surface area contributed by atoms with Crippen molar-refractivity contribution < 1.29 is 22.8 Å². The van der Waals surface area contributed by atoms with Gasteiger partial charge in [-0.1, -0.05) is 25.1 Å². The van der Waals surface area contributed by atoms with Crippen LogP contribution in [0.25, 0.3) is 0 Å². The molecule has 0 radical (unpaired) electrons. The molecule has 9 heteroatoms. The molecule has 0 spiro atoms. The van der Waals surface area contributed by atoms with E-state index in [1.165, 1.54) is 6.07 Å². The second-order valence-corrected chi connectivity index (χ2v) is 7.01. The lowest BCUT2D eigenvalue weighted by molar-refractivity contribution is -0.139. The number of hydrogen-bond donors (Lipinski definition) is 2. The molecule has 28 heavy (non-hydrogen) atoms. The van der Waals surface area contributed by atoms with Crippen molar-refractivity contribution in [2.75, 3.05) is 26.2 Å². The molecule has 2 atom stereocenters. The highest BCUT2D eigenvalue weighted by atomic mass is 35.5. The Bertz CT molecular complexity index is 670. The highest BCUT2D eigenvalue weighted by Crippen LogP contribution is 2.30. The van der Waals surface area contributed by atoms with Crippen molar-refractivity contribution in [1.29, 1.82) is 0 Å². The number of nitrogens with zero attached hydrogens (tertiary/aromatic N) is 1. The normalized spacial score (nSPS) is 18.2. The predicted molar refractivity (Wildman–Crippen MR) is 103 cm³/mol. The number of benzene rings is 1. The SMILES string of the molecule is CC(Cc1cccc(C(F)(F)F)c1)C(=O)N1CCCC(C(=O)NCCN)C1.Cl. The molecule has 2 unspecified atom stereocenters. The zero-order chi connectivity index (χ0) is 20.0. The molecule has 1 aliphatic rings. The monoisotopic (exact) mass is 421 g/mol. The lowest BCUT2D eigenvalue weighted by Gasteiger charge is -2.33. The first-order valence-corrected chi connectivity index (χ1v) is 9.15. The number of amides is 2. The maximum atomic E-state index is 12.8. The van der Waals surface area contributed by atoms with Gasteiger partial charge in [-0.25, -0.2) is 0 Å². The van der Waals surface area contributed by atoms with Crippen LogP contribution in [-0.2, 0) is 22.2 Å². The summed E-state index contributed by atoms with van der Waals surface area (Å²) in [6.45, 7) is 3.36. The molecule has 3 N–H and O–H groups in total. The fourth-order valence-electron chi connectivity index (χ4n) is 3.36. The van der Waals surface area contributed by atoms with Crippen LogP contribution in [0.3, 0.4) is 0 Å². The van der Waals surface area contributed by atoms with Crippen LogP contribution >= 0.6 is 12.4 Å². The summed E-state index contributed by atoms with van der Waals surface area (Å²) < 4.78 is 38.5. The third kappa shape index (κ3) is 6.67. The number of carbonyl (C=O) groups is 2. The molecule has 1 fully saturated rings. The van der Waals surface area contributed by atoms with Crippen molar-refractivity contribution in [3.05, 3.63) is 35.4 Å². The van der Waals surface area contributed by atoms with Crippen LogP contribution in [0.5, 0.6) is 0 Å². The van der Waals surface area contributed by atoms with E-state index in [0.29, 0.717) is 38.2 Å². The van der Waals surface area contributed by atoms with E-state index in [-0.39, 0.29) is 36.6 Å². The highest BCUT2D eigenvalue weighted by molar-refractivity contribution is 5.85. The van der Waals surface area contributed by atoms with E-state index < -0.39 is 17.7 Å². The smallest absolute Gasteiger partial charge is 0.355 e. The summed E-state index contributed by atoms with van der Waals surface area (Å²) in [5.41, 5.74) is 5.14. The second-order valence-electron chi connectivity index (χ2n) is 7.01. The number of likely N-dealkylation sites (tertiary alicyclic amines) is 1. The topological polar surface area (TPSA) is 75.4 Å². The number of alkyl halides is 3. The van der Waals surface area contributed by atoms with E-state index in [9.17, 15) is 22.8 Å². The maximum Gasteiger partial charge on any atom is 0.416 e. The van der Waals surface area contributed by atoms with Gasteiger partial charge >= 0.3 is 6.18 Å². The van der Waals surface area contributed by atoms with Crippen molar-refractivity contribution in [1.82, 2.24) is 10.2 Å². The summed E-state index contributed by atoms with van der Waals surface area (Å²) in [7, 11) is 0. The number of nitrogens with two attached hydrogens (primary N) is 1. The number of halogens is 4. The minimum Gasteiger partial charge on any atom is -0.355 e. The molecule has 1 aliphatic heterocycles. The first kappa shape index (κ1) is 24.2. The molecule has 0 bridgehead atoms. The van der Waals surface area contributed by atoms with Gasteiger partial charge in [-0.05, 0) is 30.9 Å². The summed E-state index contributed by atoms with van der Waals surface area (Å²) >= 11 is 0. The standard InChI is InChI=1S/C19H26F3N3O2.ClH/c1-13(10-14-4-2-6-16(11-14)19(20,21)22)18(27)25-9-3-5-15(12-25)17(26)24-8-7-23;/h2,4,6,11,13,15H,3,5,7-10,12,23H2,1H3,(H,24,26);1H. The Morgan fingerprint density at radius 2 is 2.07 bits per heavy atom. The van der Waals surface area contributed by atoms with Gasteiger partial charge in [0.15, 0.2) is 0 Å². The molecule has 2 rings (SSSR count). The summed E-state index contributed by atoms with van der Waals surface area (Å²) in [5, 5.41) is 2.74. The molecule has 5 nitrogen and oxygen atoms in total. The largest absolute Gasteiger partial charge is 0.416 e. The zero-order valence-corrected chi connectivity index (χ0v) is 16.6. The van der Waals surface area contributed by atoms with Crippen LogP contribution in [-0.4, -0.2) is 42.9 Å². The van der Waals surface area contributed by atoms with E-state index in [4.69, 9.17) is 5.73 Å². The van der Waals surface area contributed by atoms with Crippen LogP contribution in [0.1, 0.15) is 30.9 Å². The second kappa shape index (κ2) is 10.7. The van der Waals surface area contributed by atoms with Gasteiger partial charge in [-0.15, -0.1) is 12.4 Å². The highest BCUT2D eigenvalue weighted by Gasteiger charge is 2.32. The summed E-state index contributed by atoms with van der Waals surface area (Å²) in [6, 6.07) is 5.06. The van der Waals surface area contributed by atoms with E-state index >= 15 is 0 Å². The average molecular weight is 422 g/mol. The van der Waals surface area contributed by atoms with Crippen molar-refractivity contribution in [2.24, 2.45) is 17.6 Å². The van der Waals surface area contributed by atoms with Crippen LogP contribution < -0.4 is 11.1 Å². The zero-order valence-electron chi connectivity index (χ0n) is 15.8. The Balaban J connectivity index is 0.00000392. The van der Waals surface area contributed by atoms with Gasteiger partial charge in [0.05, 0.1) is 11.5 Å². The van der Waals surface area contributed by atoms with Gasteiger partial charge in [0.2, 0.25) is 11.8 Å². The van der Waals surface area contributed by atoms with E-state index in [1.54, 1.807) is 17.9 Å². The number of nitrogens with one attached hydrogen (secondary N) is 1. The fourth-order valence-corrected chi connectivity index (χ4v) is 3.36. The third-order valence-corrected chi connectivity index (χ3v) is 4.77. The summed E-state index contributed by atoms with van der Waals surface area (Å²) in [5.74, 6) is -0.971. The van der Waals surface area contributed by atoms with Crippen molar-refractivity contribution >= 4 is 24.2 Å². The summed E-state index contributed by atoms with van der Waals surface area (Å²) in [4.78, 5) is 26.5. The Hall–Kier alpha value is -1.80. The molecular formula is C19H27ClF3N3O2. The first-order chi connectivity index (χ1) is 12.7. The van der Waals surface area contributed by atoms with Crippen LogP contribution in [0.4, 0.5) is 13.2 Å². The van der Waals surface area contributed by atoms with Crippen LogP contribution in [0, 0.1) is 11.8 Å². The lowest BCUT2D eigenvalue weighted by Crippen LogP contribution is -2.47. The molecule has 158 valence electrons. The molecular weight excluding hydrogens is 395 g/mol. The van der Waals surface area contributed by atoms with Gasteiger partial charge in [-0.2, -0.15) is 13.2 Å². The van der Waals surface area contributed by atoms with Crippen molar-refractivity contribution in [3.63, 3.8) is 0 Å². The molecule has 2 amide bonds. The average Bonchev–Trinajstić information content (AvgIpc) is 2.65. The molecule has 0 aliphatic carbocycles. The van der Waals surface area contributed by atoms with Gasteiger partial charge < -0.3 is 16.0 Å². The minimum atomic E-state index is -4.40.